The fourth-order valence-corrected chi connectivity index (χ4v) is 3.79. The van der Waals surface area contributed by atoms with Crippen molar-refractivity contribution in [1.29, 1.82) is 0 Å². The number of benzene rings is 2. The maximum atomic E-state index is 12.6. The van der Waals surface area contributed by atoms with Crippen LogP contribution in [-0.4, -0.2) is 25.1 Å². The molecule has 0 saturated heterocycles. The van der Waals surface area contributed by atoms with Crippen LogP contribution in [0.5, 0.6) is 5.75 Å². The maximum absolute atomic E-state index is 12.6. The van der Waals surface area contributed by atoms with Crippen molar-refractivity contribution in [2.45, 2.75) is 20.3 Å². The van der Waals surface area contributed by atoms with Crippen molar-refractivity contribution in [1.82, 2.24) is 0 Å². The topological polar surface area (TPSA) is 64.6 Å². The SMILES string of the molecule is CCOC(=O)c1c(-c2ccc(CC)cc2)csc1NC(=O)COc1ccccc1. The molecule has 0 aliphatic carbocycles. The Kier molecular flexibility index (Phi) is 7.03. The molecule has 0 unspecified atom stereocenters. The van der Waals surface area contributed by atoms with Gasteiger partial charge in [0.2, 0.25) is 0 Å². The minimum atomic E-state index is -0.456. The fraction of sp³-hybridized carbons (Fsp3) is 0.217. The number of rotatable bonds is 8. The summed E-state index contributed by atoms with van der Waals surface area (Å²) in [5.41, 5.74) is 3.24. The molecule has 6 heteroatoms. The molecule has 1 N–H and O–H groups in total. The number of hydrogen-bond acceptors (Lipinski definition) is 5. The molecule has 29 heavy (non-hydrogen) atoms. The van der Waals surface area contributed by atoms with Crippen molar-refractivity contribution in [3.05, 3.63) is 71.1 Å². The van der Waals surface area contributed by atoms with Crippen molar-refractivity contribution in [2.24, 2.45) is 0 Å². The highest BCUT2D eigenvalue weighted by atomic mass is 32.1. The molecule has 150 valence electrons. The van der Waals surface area contributed by atoms with Crippen molar-refractivity contribution in [2.75, 3.05) is 18.5 Å². The molecule has 3 rings (SSSR count). The number of esters is 1. The molecule has 0 saturated carbocycles. The molecular weight excluding hydrogens is 386 g/mol. The number of thiophene rings is 1. The van der Waals surface area contributed by atoms with Gasteiger partial charge in [-0.3, -0.25) is 4.79 Å². The first-order valence-corrected chi connectivity index (χ1v) is 10.4. The number of para-hydroxylation sites is 1. The van der Waals surface area contributed by atoms with E-state index in [1.54, 1.807) is 19.1 Å². The Morgan fingerprint density at radius 2 is 1.72 bits per heavy atom. The molecule has 0 bridgehead atoms. The largest absolute Gasteiger partial charge is 0.484 e. The van der Waals surface area contributed by atoms with Crippen LogP contribution in [0.3, 0.4) is 0 Å². The van der Waals surface area contributed by atoms with Gasteiger partial charge in [0.1, 0.15) is 16.3 Å². The summed E-state index contributed by atoms with van der Waals surface area (Å²) in [5, 5.41) is 5.11. The van der Waals surface area contributed by atoms with Crippen LogP contribution in [0.15, 0.2) is 60.0 Å². The van der Waals surface area contributed by atoms with Crippen LogP contribution < -0.4 is 10.1 Å². The van der Waals surface area contributed by atoms with Gasteiger partial charge < -0.3 is 14.8 Å². The Morgan fingerprint density at radius 3 is 2.38 bits per heavy atom. The third-order valence-corrected chi connectivity index (χ3v) is 5.21. The fourth-order valence-electron chi connectivity index (χ4n) is 2.82. The third-order valence-electron chi connectivity index (χ3n) is 4.31. The molecule has 0 aliphatic rings. The summed E-state index contributed by atoms with van der Waals surface area (Å²) in [4.78, 5) is 25.0. The van der Waals surface area contributed by atoms with Crippen LogP contribution in [0.4, 0.5) is 5.00 Å². The summed E-state index contributed by atoms with van der Waals surface area (Å²) >= 11 is 1.30. The monoisotopic (exact) mass is 409 g/mol. The number of carbonyl (C=O) groups is 2. The van der Waals surface area contributed by atoms with Gasteiger partial charge in [0.25, 0.3) is 5.91 Å². The average Bonchev–Trinajstić information content (AvgIpc) is 3.16. The van der Waals surface area contributed by atoms with E-state index in [1.165, 1.54) is 16.9 Å². The lowest BCUT2D eigenvalue weighted by Gasteiger charge is -2.10. The van der Waals surface area contributed by atoms with E-state index in [2.05, 4.69) is 12.2 Å². The van der Waals surface area contributed by atoms with E-state index in [1.807, 2.05) is 47.8 Å². The Morgan fingerprint density at radius 1 is 1.00 bits per heavy atom. The second-order valence-corrected chi connectivity index (χ2v) is 7.15. The predicted octanol–water partition coefficient (Wildman–Crippen LogP) is 5.17. The number of nitrogens with one attached hydrogen (secondary N) is 1. The van der Waals surface area contributed by atoms with Gasteiger partial charge in [-0.2, -0.15) is 0 Å². The lowest BCUT2D eigenvalue weighted by Crippen LogP contribution is -2.21. The number of aryl methyl sites for hydroxylation is 1. The summed E-state index contributed by atoms with van der Waals surface area (Å²) in [6, 6.07) is 17.1. The van der Waals surface area contributed by atoms with Crippen LogP contribution in [0, 0.1) is 0 Å². The van der Waals surface area contributed by atoms with Gasteiger partial charge in [0.05, 0.1) is 6.61 Å². The minimum Gasteiger partial charge on any atom is -0.484 e. The number of amides is 1. The third kappa shape index (κ3) is 5.23. The molecule has 2 aromatic carbocycles. The van der Waals surface area contributed by atoms with Gasteiger partial charge in [-0.15, -0.1) is 11.3 Å². The molecule has 0 aliphatic heterocycles. The van der Waals surface area contributed by atoms with Crippen LogP contribution in [0.2, 0.25) is 0 Å². The Bertz CT molecular complexity index is 964. The number of carbonyl (C=O) groups excluding carboxylic acids is 2. The lowest BCUT2D eigenvalue weighted by atomic mass is 10.0. The van der Waals surface area contributed by atoms with E-state index < -0.39 is 5.97 Å². The van der Waals surface area contributed by atoms with E-state index in [4.69, 9.17) is 9.47 Å². The smallest absolute Gasteiger partial charge is 0.341 e. The van der Waals surface area contributed by atoms with Crippen molar-refractivity contribution < 1.29 is 19.1 Å². The van der Waals surface area contributed by atoms with Crippen molar-refractivity contribution in [3.8, 4) is 16.9 Å². The first kappa shape index (κ1) is 20.6. The van der Waals surface area contributed by atoms with Crippen molar-refractivity contribution >= 4 is 28.2 Å². The second-order valence-electron chi connectivity index (χ2n) is 6.27. The number of anilines is 1. The van der Waals surface area contributed by atoms with Gasteiger partial charge in [0, 0.05) is 10.9 Å². The van der Waals surface area contributed by atoms with Crippen LogP contribution in [0.25, 0.3) is 11.1 Å². The van der Waals surface area contributed by atoms with E-state index in [9.17, 15) is 9.59 Å². The summed E-state index contributed by atoms with van der Waals surface area (Å²) in [6.45, 7) is 3.96. The molecule has 0 spiro atoms. The van der Waals surface area contributed by atoms with Gasteiger partial charge in [-0.25, -0.2) is 4.79 Å². The van der Waals surface area contributed by atoms with Crippen molar-refractivity contribution in [3.63, 3.8) is 0 Å². The normalized spacial score (nSPS) is 10.4. The molecule has 1 amide bonds. The molecule has 0 radical (unpaired) electrons. The Labute approximate surface area is 174 Å². The average molecular weight is 410 g/mol. The zero-order chi connectivity index (χ0) is 20.6. The lowest BCUT2D eigenvalue weighted by molar-refractivity contribution is -0.118. The highest BCUT2D eigenvalue weighted by Crippen LogP contribution is 2.36. The highest BCUT2D eigenvalue weighted by molar-refractivity contribution is 7.15. The molecule has 1 heterocycles. The molecule has 3 aromatic rings. The quantitative estimate of drug-likeness (QED) is 0.521. The van der Waals surface area contributed by atoms with Crippen LogP contribution in [-0.2, 0) is 16.0 Å². The van der Waals surface area contributed by atoms with E-state index in [0.717, 1.165) is 17.5 Å². The molecule has 0 atom stereocenters. The highest BCUT2D eigenvalue weighted by Gasteiger charge is 2.23. The standard InChI is InChI=1S/C23H23NO4S/c1-3-16-10-12-17(13-11-16)19-15-29-22(21(19)23(26)27-4-2)24-20(25)14-28-18-8-6-5-7-9-18/h5-13,15H,3-4,14H2,1-2H3,(H,24,25). The molecule has 5 nitrogen and oxygen atoms in total. The summed E-state index contributed by atoms with van der Waals surface area (Å²) in [6.07, 6.45) is 0.942. The van der Waals surface area contributed by atoms with Gasteiger partial charge in [0.15, 0.2) is 6.61 Å². The molecule has 0 fully saturated rings. The number of hydrogen-bond donors (Lipinski definition) is 1. The van der Waals surface area contributed by atoms with Crippen LogP contribution >= 0.6 is 11.3 Å². The second kappa shape index (κ2) is 9.89. The van der Waals surface area contributed by atoms with Gasteiger partial charge in [-0.05, 0) is 36.6 Å². The van der Waals surface area contributed by atoms with Gasteiger partial charge >= 0.3 is 5.97 Å². The molecular formula is C23H23NO4S. The minimum absolute atomic E-state index is 0.148. The van der Waals surface area contributed by atoms with Crippen LogP contribution in [0.1, 0.15) is 29.8 Å². The molecule has 1 aromatic heterocycles. The summed E-state index contributed by atoms with van der Waals surface area (Å²) in [5.74, 6) is -0.187. The zero-order valence-electron chi connectivity index (χ0n) is 16.4. The van der Waals surface area contributed by atoms with Gasteiger partial charge in [-0.1, -0.05) is 49.4 Å². The van der Waals surface area contributed by atoms with E-state index >= 15 is 0 Å². The van der Waals surface area contributed by atoms with E-state index in [0.29, 0.717) is 16.3 Å². The first-order chi connectivity index (χ1) is 14.1. The first-order valence-electron chi connectivity index (χ1n) is 9.48. The summed E-state index contributed by atoms with van der Waals surface area (Å²) < 4.78 is 10.7. The maximum Gasteiger partial charge on any atom is 0.341 e. The summed E-state index contributed by atoms with van der Waals surface area (Å²) in [7, 11) is 0. The predicted molar refractivity (Wildman–Crippen MR) is 116 cm³/mol. The number of ether oxygens (including phenoxy) is 2. The van der Waals surface area contributed by atoms with E-state index in [-0.39, 0.29) is 19.1 Å². The Hall–Kier alpha value is -3.12. The Balaban J connectivity index is 1.81. The zero-order valence-corrected chi connectivity index (χ0v) is 17.3.